The predicted octanol–water partition coefficient (Wildman–Crippen LogP) is 3.02. The maximum Gasteiger partial charge on any atom is 0.343 e. The molecule has 31 heavy (non-hydrogen) atoms. The molecule has 0 amide bonds. The second kappa shape index (κ2) is 7.19. The quantitative estimate of drug-likeness (QED) is 0.684. The Balaban J connectivity index is 1.72. The molecule has 2 aromatic rings. The van der Waals surface area contributed by atoms with E-state index in [-0.39, 0.29) is 18.3 Å². The molecule has 0 unspecified atom stereocenters. The second-order valence-corrected chi connectivity index (χ2v) is 7.57. The number of hydrogen-bond acceptors (Lipinski definition) is 8. The monoisotopic (exact) mass is 431 g/mol. The summed E-state index contributed by atoms with van der Waals surface area (Å²) in [5.41, 5.74) is 2.03. The Morgan fingerprint density at radius 1 is 1.06 bits per heavy atom. The van der Waals surface area contributed by atoms with Gasteiger partial charge in [-0.3, -0.25) is 4.90 Å². The van der Waals surface area contributed by atoms with Crippen molar-refractivity contribution in [2.24, 2.45) is 0 Å². The number of carbonyl (C=O) groups excluding carboxylic acids is 1. The first-order valence-electron chi connectivity index (χ1n) is 9.85. The number of halogens is 1. The van der Waals surface area contributed by atoms with Crippen molar-refractivity contribution in [1.82, 2.24) is 4.90 Å². The maximum absolute atomic E-state index is 15.3. The topological polar surface area (TPSA) is 75.7 Å². The van der Waals surface area contributed by atoms with E-state index in [4.69, 9.17) is 28.4 Å². The van der Waals surface area contributed by atoms with E-state index in [1.165, 1.54) is 21.3 Å². The molecule has 0 fully saturated rings. The summed E-state index contributed by atoms with van der Waals surface area (Å²) < 4.78 is 48.5. The molecule has 0 radical (unpaired) electrons. The van der Waals surface area contributed by atoms with Gasteiger partial charge in [-0.2, -0.15) is 0 Å². The number of benzene rings is 2. The first-order valence-corrected chi connectivity index (χ1v) is 9.85. The van der Waals surface area contributed by atoms with Crippen molar-refractivity contribution in [3.05, 3.63) is 40.2 Å². The summed E-state index contributed by atoms with van der Waals surface area (Å²) in [6, 6.07) is 3.02. The van der Waals surface area contributed by atoms with Gasteiger partial charge in [0, 0.05) is 23.2 Å². The minimum absolute atomic E-state index is 0.0640. The molecule has 2 aromatic carbocycles. The third kappa shape index (κ3) is 2.65. The molecule has 3 heterocycles. The van der Waals surface area contributed by atoms with Crippen molar-refractivity contribution in [2.45, 2.75) is 18.6 Å². The van der Waals surface area contributed by atoms with E-state index in [9.17, 15) is 4.79 Å². The van der Waals surface area contributed by atoms with Gasteiger partial charge in [0.05, 0.1) is 27.4 Å². The predicted molar refractivity (Wildman–Crippen MR) is 106 cm³/mol. The van der Waals surface area contributed by atoms with Gasteiger partial charge in [-0.05, 0) is 19.5 Å². The molecular formula is C22H22FNO7. The van der Waals surface area contributed by atoms with Crippen LogP contribution in [0.4, 0.5) is 4.39 Å². The third-order valence-corrected chi connectivity index (χ3v) is 6.15. The summed E-state index contributed by atoms with van der Waals surface area (Å²) in [6.45, 7) is 0.484. The number of likely N-dealkylation sites (N-methyl/N-ethyl adjacent to an activating group) is 1. The molecule has 8 nitrogen and oxygen atoms in total. The molecule has 0 saturated heterocycles. The lowest BCUT2D eigenvalue weighted by molar-refractivity contribution is 0.00854. The second-order valence-electron chi connectivity index (χ2n) is 7.57. The van der Waals surface area contributed by atoms with Gasteiger partial charge >= 0.3 is 5.97 Å². The molecule has 2 atom stereocenters. The van der Waals surface area contributed by atoms with Crippen molar-refractivity contribution >= 4 is 5.97 Å². The number of hydrogen-bond donors (Lipinski definition) is 0. The third-order valence-electron chi connectivity index (χ3n) is 6.15. The van der Waals surface area contributed by atoms with Gasteiger partial charge < -0.3 is 28.4 Å². The Labute approximate surface area is 178 Å². The van der Waals surface area contributed by atoms with Crippen LogP contribution < -0.4 is 23.7 Å². The SMILES string of the molecule is COc1ccc2c(c1OC)C(=O)O[C@@H]2[C@H]1c2c(c(F)c3c(c2OC)OCO3)CCN1C. The lowest BCUT2D eigenvalue weighted by Crippen LogP contribution is -2.36. The summed E-state index contributed by atoms with van der Waals surface area (Å²) in [5.74, 6) is 0.462. The Hall–Kier alpha value is -3.20. The molecule has 3 aliphatic rings. The van der Waals surface area contributed by atoms with E-state index in [1.807, 2.05) is 11.9 Å². The van der Waals surface area contributed by atoms with Crippen LogP contribution in [-0.2, 0) is 11.2 Å². The Bertz CT molecular complexity index is 1090. The molecule has 3 aliphatic heterocycles. The molecule has 5 rings (SSSR count). The van der Waals surface area contributed by atoms with Gasteiger partial charge in [0.25, 0.3) is 0 Å². The number of rotatable bonds is 4. The summed E-state index contributed by atoms with van der Waals surface area (Å²) in [4.78, 5) is 14.9. The van der Waals surface area contributed by atoms with Crippen LogP contribution in [0.25, 0.3) is 0 Å². The first kappa shape index (κ1) is 19.7. The van der Waals surface area contributed by atoms with Crippen molar-refractivity contribution in [1.29, 1.82) is 0 Å². The Morgan fingerprint density at radius 2 is 1.81 bits per heavy atom. The summed E-state index contributed by atoms with van der Waals surface area (Å²) >= 11 is 0. The van der Waals surface area contributed by atoms with E-state index in [0.29, 0.717) is 52.5 Å². The van der Waals surface area contributed by atoms with E-state index in [0.717, 1.165) is 0 Å². The fraction of sp³-hybridized carbons (Fsp3) is 0.409. The molecule has 0 saturated carbocycles. The number of carbonyl (C=O) groups is 1. The average molecular weight is 431 g/mol. The molecule has 0 spiro atoms. The van der Waals surface area contributed by atoms with Gasteiger partial charge in [0.2, 0.25) is 18.3 Å². The molecular weight excluding hydrogens is 409 g/mol. The van der Waals surface area contributed by atoms with Gasteiger partial charge in [-0.25, -0.2) is 9.18 Å². The van der Waals surface area contributed by atoms with Crippen molar-refractivity contribution < 1.29 is 37.6 Å². The zero-order valence-corrected chi connectivity index (χ0v) is 17.6. The number of nitrogens with zero attached hydrogens (tertiary/aromatic N) is 1. The van der Waals surface area contributed by atoms with Gasteiger partial charge in [-0.15, -0.1) is 0 Å². The number of cyclic esters (lactones) is 1. The number of methoxy groups -OCH3 is 3. The molecule has 9 heteroatoms. The summed E-state index contributed by atoms with van der Waals surface area (Å²) in [6.07, 6.45) is -0.235. The fourth-order valence-corrected chi connectivity index (χ4v) is 4.78. The Morgan fingerprint density at radius 3 is 2.52 bits per heavy atom. The largest absolute Gasteiger partial charge is 0.493 e. The Kier molecular flexibility index (Phi) is 4.58. The highest BCUT2D eigenvalue weighted by Gasteiger charge is 2.47. The normalized spacial score (nSPS) is 21.4. The minimum atomic E-state index is -0.694. The highest BCUT2D eigenvalue weighted by molar-refractivity contribution is 5.98. The first-order chi connectivity index (χ1) is 15.0. The van der Waals surface area contributed by atoms with Crippen molar-refractivity contribution in [2.75, 3.05) is 41.7 Å². The van der Waals surface area contributed by atoms with Crippen LogP contribution in [0.3, 0.4) is 0 Å². The smallest absolute Gasteiger partial charge is 0.343 e. The highest BCUT2D eigenvalue weighted by atomic mass is 19.1. The van der Waals surface area contributed by atoms with E-state index in [2.05, 4.69) is 0 Å². The maximum atomic E-state index is 15.3. The van der Waals surface area contributed by atoms with Crippen molar-refractivity contribution in [3.63, 3.8) is 0 Å². The standard InChI is InChI=1S/C22H22FNO7/c1-24-8-7-10-13(19(28-4)21-20(15(10)23)29-9-30-21)16(24)17-11-5-6-12(26-2)18(27-3)14(11)22(25)31-17/h5-6,16-17H,7-9H2,1-4H3/t16-,17+/m1/s1. The zero-order chi connectivity index (χ0) is 21.9. The molecule has 0 N–H and O–H groups in total. The number of ether oxygens (including phenoxy) is 6. The number of fused-ring (bicyclic) bond motifs is 3. The molecule has 0 bridgehead atoms. The number of esters is 1. The van der Waals surface area contributed by atoms with Crippen molar-refractivity contribution in [3.8, 4) is 28.7 Å². The molecule has 0 aliphatic carbocycles. The van der Waals surface area contributed by atoms with Crippen LogP contribution in [0.2, 0.25) is 0 Å². The van der Waals surface area contributed by atoms with Crippen LogP contribution in [0.1, 0.15) is 39.2 Å². The van der Waals surface area contributed by atoms with Crippen LogP contribution in [0.5, 0.6) is 28.7 Å². The van der Waals surface area contributed by atoms with Gasteiger partial charge in [0.15, 0.2) is 23.1 Å². The molecule has 0 aromatic heterocycles. The lowest BCUT2D eigenvalue weighted by Gasteiger charge is -2.38. The molecule has 164 valence electrons. The van der Waals surface area contributed by atoms with E-state index < -0.39 is 23.9 Å². The average Bonchev–Trinajstić information content (AvgIpc) is 3.39. The van der Waals surface area contributed by atoms with Gasteiger partial charge in [0.1, 0.15) is 11.7 Å². The lowest BCUT2D eigenvalue weighted by atomic mass is 9.85. The fourth-order valence-electron chi connectivity index (χ4n) is 4.78. The summed E-state index contributed by atoms with van der Waals surface area (Å²) in [5, 5.41) is 0. The summed E-state index contributed by atoms with van der Waals surface area (Å²) in [7, 11) is 6.38. The van der Waals surface area contributed by atoms with Gasteiger partial charge in [-0.1, -0.05) is 6.07 Å². The van der Waals surface area contributed by atoms with E-state index >= 15 is 4.39 Å². The zero-order valence-electron chi connectivity index (χ0n) is 17.6. The minimum Gasteiger partial charge on any atom is -0.493 e. The van der Waals surface area contributed by atoms with Crippen LogP contribution >= 0.6 is 0 Å². The van der Waals surface area contributed by atoms with Crippen LogP contribution in [-0.4, -0.2) is 52.6 Å². The van der Waals surface area contributed by atoms with Crippen LogP contribution in [0.15, 0.2) is 12.1 Å². The van der Waals surface area contributed by atoms with E-state index in [1.54, 1.807) is 12.1 Å². The van der Waals surface area contributed by atoms with Crippen LogP contribution in [0, 0.1) is 5.82 Å². The highest BCUT2D eigenvalue weighted by Crippen LogP contribution is 2.56.